The summed E-state index contributed by atoms with van der Waals surface area (Å²) in [4.78, 5) is 14.8. The van der Waals surface area contributed by atoms with Crippen molar-refractivity contribution in [3.8, 4) is 5.75 Å². The number of aliphatic carboxylic acids is 1. The Morgan fingerprint density at radius 2 is 2.18 bits per heavy atom. The summed E-state index contributed by atoms with van der Waals surface area (Å²) in [5.74, 6) is -0.776. The molecule has 0 saturated carbocycles. The summed E-state index contributed by atoms with van der Waals surface area (Å²) in [6, 6.07) is 2.14. The Kier molecular flexibility index (Phi) is 3.51. The number of aromatic hydroxyl groups is 1. The highest BCUT2D eigenvalue weighted by molar-refractivity contribution is 8.14. The van der Waals surface area contributed by atoms with E-state index in [1.807, 2.05) is 0 Å². The summed E-state index contributed by atoms with van der Waals surface area (Å²) in [5.41, 5.74) is 0.372. The lowest BCUT2D eigenvalue weighted by Crippen LogP contribution is -2.17. The number of hydrogen-bond donors (Lipinski definition) is 2. The zero-order chi connectivity index (χ0) is 12.6. The van der Waals surface area contributed by atoms with Gasteiger partial charge >= 0.3 is 5.97 Å². The molecule has 0 bridgehead atoms. The molecule has 0 radical (unpaired) electrons. The first kappa shape index (κ1) is 12.5. The Labute approximate surface area is 111 Å². The second-order valence-corrected chi connectivity index (χ2v) is 5.24. The van der Waals surface area contributed by atoms with Gasteiger partial charge in [0.2, 0.25) is 0 Å². The summed E-state index contributed by atoms with van der Waals surface area (Å²) < 4.78 is 0. The van der Waals surface area contributed by atoms with Gasteiger partial charge in [0.15, 0.2) is 6.04 Å². The van der Waals surface area contributed by atoms with Crippen LogP contribution in [0.1, 0.15) is 5.56 Å². The maximum Gasteiger partial charge on any atom is 0.329 e. The van der Waals surface area contributed by atoms with Crippen molar-refractivity contribution >= 4 is 46.0 Å². The highest BCUT2D eigenvalue weighted by Crippen LogP contribution is 2.35. The van der Waals surface area contributed by atoms with Crippen LogP contribution in [-0.4, -0.2) is 33.0 Å². The summed E-state index contributed by atoms with van der Waals surface area (Å²) >= 11 is 12.9. The summed E-state index contributed by atoms with van der Waals surface area (Å²) in [5, 5.41) is 19.5. The number of halogens is 2. The summed E-state index contributed by atoms with van der Waals surface area (Å²) in [7, 11) is 0. The molecular weight excluding hydrogens is 285 g/mol. The van der Waals surface area contributed by atoms with Crippen molar-refractivity contribution in [2.24, 2.45) is 4.99 Å². The first-order valence-corrected chi connectivity index (χ1v) is 6.35. The van der Waals surface area contributed by atoms with Crippen LogP contribution in [0.2, 0.25) is 10.0 Å². The topological polar surface area (TPSA) is 69.9 Å². The predicted octanol–water partition coefficient (Wildman–Crippen LogP) is 2.65. The normalized spacial score (nSPS) is 19.2. The number of aliphatic imine (C=N–C) groups is 1. The fourth-order valence-electron chi connectivity index (χ4n) is 1.38. The van der Waals surface area contributed by atoms with Gasteiger partial charge in [0, 0.05) is 10.8 Å². The SMILES string of the molecule is O=C(O)[C@H]1CSC(c2cc(Cl)cc(Cl)c2O)=N1. The minimum Gasteiger partial charge on any atom is -0.506 e. The van der Waals surface area contributed by atoms with Crippen molar-refractivity contribution in [3.05, 3.63) is 27.7 Å². The minimum absolute atomic E-state index is 0.120. The van der Waals surface area contributed by atoms with Crippen molar-refractivity contribution in [3.63, 3.8) is 0 Å². The molecule has 2 rings (SSSR count). The zero-order valence-corrected chi connectivity index (χ0v) is 10.7. The van der Waals surface area contributed by atoms with Gasteiger partial charge in [0.05, 0.1) is 10.6 Å². The van der Waals surface area contributed by atoms with Crippen LogP contribution in [0.15, 0.2) is 17.1 Å². The zero-order valence-electron chi connectivity index (χ0n) is 8.35. The van der Waals surface area contributed by atoms with Crippen LogP contribution in [0.4, 0.5) is 0 Å². The number of carboxylic acids is 1. The Hall–Kier alpha value is -0.910. The van der Waals surface area contributed by atoms with E-state index < -0.39 is 12.0 Å². The number of phenolic OH excluding ortho intramolecular Hbond substituents is 1. The smallest absolute Gasteiger partial charge is 0.329 e. The Morgan fingerprint density at radius 1 is 1.47 bits per heavy atom. The van der Waals surface area contributed by atoms with E-state index in [9.17, 15) is 9.90 Å². The number of benzene rings is 1. The van der Waals surface area contributed by atoms with Gasteiger partial charge in [0.1, 0.15) is 10.8 Å². The number of nitrogens with zero attached hydrogens (tertiary/aromatic N) is 1. The first-order valence-electron chi connectivity index (χ1n) is 4.61. The molecule has 0 spiro atoms. The van der Waals surface area contributed by atoms with Crippen LogP contribution in [-0.2, 0) is 4.79 Å². The van der Waals surface area contributed by atoms with E-state index in [2.05, 4.69) is 4.99 Å². The molecule has 0 unspecified atom stereocenters. The molecule has 0 saturated heterocycles. The largest absolute Gasteiger partial charge is 0.506 e. The number of phenols is 1. The average Bonchev–Trinajstić information content (AvgIpc) is 2.72. The van der Waals surface area contributed by atoms with Gasteiger partial charge < -0.3 is 10.2 Å². The second-order valence-electron chi connectivity index (χ2n) is 3.38. The number of rotatable bonds is 2. The van der Waals surface area contributed by atoms with Crippen LogP contribution < -0.4 is 0 Å². The first-order chi connectivity index (χ1) is 7.99. The number of thioether (sulfide) groups is 1. The summed E-state index contributed by atoms with van der Waals surface area (Å²) in [6.45, 7) is 0. The molecule has 1 heterocycles. The predicted molar refractivity (Wildman–Crippen MR) is 68.5 cm³/mol. The van der Waals surface area contributed by atoms with Crippen molar-refractivity contribution in [1.82, 2.24) is 0 Å². The lowest BCUT2D eigenvalue weighted by atomic mass is 10.2. The van der Waals surface area contributed by atoms with E-state index in [1.54, 1.807) is 0 Å². The quantitative estimate of drug-likeness (QED) is 0.879. The molecule has 0 aliphatic carbocycles. The third-order valence-electron chi connectivity index (χ3n) is 2.19. The maximum absolute atomic E-state index is 10.8. The lowest BCUT2D eigenvalue weighted by molar-refractivity contribution is -0.137. The van der Waals surface area contributed by atoms with Crippen molar-refractivity contribution in [1.29, 1.82) is 0 Å². The molecule has 1 atom stereocenters. The number of carboxylic acid groups (broad SMARTS) is 1. The average molecular weight is 292 g/mol. The van der Waals surface area contributed by atoms with Gasteiger partial charge in [0.25, 0.3) is 0 Å². The van der Waals surface area contributed by atoms with Gasteiger partial charge in [-0.1, -0.05) is 23.2 Å². The molecular formula is C10H7Cl2NO3S. The van der Waals surface area contributed by atoms with E-state index >= 15 is 0 Å². The van der Waals surface area contributed by atoms with Crippen LogP contribution in [0, 0.1) is 0 Å². The Bertz CT molecular complexity index is 519. The van der Waals surface area contributed by atoms with Gasteiger partial charge in [-0.25, -0.2) is 4.79 Å². The fraction of sp³-hybridized carbons (Fsp3) is 0.200. The third kappa shape index (κ3) is 2.51. The van der Waals surface area contributed by atoms with Gasteiger partial charge in [-0.2, -0.15) is 0 Å². The van der Waals surface area contributed by atoms with E-state index in [1.165, 1.54) is 23.9 Å². The van der Waals surface area contributed by atoms with Crippen LogP contribution in [0.25, 0.3) is 0 Å². The monoisotopic (exact) mass is 291 g/mol. The van der Waals surface area contributed by atoms with Crippen LogP contribution in [0.5, 0.6) is 5.75 Å². The van der Waals surface area contributed by atoms with Gasteiger partial charge in [-0.3, -0.25) is 4.99 Å². The van der Waals surface area contributed by atoms with Crippen molar-refractivity contribution in [2.45, 2.75) is 6.04 Å². The Balaban J connectivity index is 2.42. The molecule has 0 aromatic heterocycles. The van der Waals surface area contributed by atoms with Crippen LogP contribution in [0.3, 0.4) is 0 Å². The second kappa shape index (κ2) is 4.76. The van der Waals surface area contributed by atoms with Crippen molar-refractivity contribution < 1.29 is 15.0 Å². The van der Waals surface area contributed by atoms with Crippen LogP contribution >= 0.6 is 35.0 Å². The molecule has 1 aliphatic rings. The van der Waals surface area contributed by atoms with E-state index in [-0.39, 0.29) is 10.8 Å². The van der Waals surface area contributed by atoms with Gasteiger partial charge in [-0.15, -0.1) is 11.8 Å². The molecule has 17 heavy (non-hydrogen) atoms. The van der Waals surface area contributed by atoms with E-state index in [0.29, 0.717) is 21.4 Å². The van der Waals surface area contributed by atoms with Gasteiger partial charge in [-0.05, 0) is 12.1 Å². The number of hydrogen-bond acceptors (Lipinski definition) is 4. The molecule has 90 valence electrons. The molecule has 1 aliphatic heterocycles. The fourth-order valence-corrected chi connectivity index (χ4v) is 2.92. The molecule has 2 N–H and O–H groups in total. The maximum atomic E-state index is 10.8. The Morgan fingerprint density at radius 3 is 2.76 bits per heavy atom. The molecule has 7 heteroatoms. The highest BCUT2D eigenvalue weighted by atomic mass is 35.5. The van der Waals surface area contributed by atoms with E-state index in [4.69, 9.17) is 28.3 Å². The lowest BCUT2D eigenvalue weighted by Gasteiger charge is -2.05. The molecule has 1 aromatic rings. The summed E-state index contributed by atoms with van der Waals surface area (Å²) in [6.07, 6.45) is 0. The molecule has 0 fully saturated rings. The number of carbonyl (C=O) groups is 1. The van der Waals surface area contributed by atoms with Crippen molar-refractivity contribution in [2.75, 3.05) is 5.75 Å². The van der Waals surface area contributed by atoms with E-state index in [0.717, 1.165) is 0 Å². The molecule has 4 nitrogen and oxygen atoms in total. The highest BCUT2D eigenvalue weighted by Gasteiger charge is 2.27. The molecule has 0 amide bonds. The third-order valence-corrected chi connectivity index (χ3v) is 3.78. The minimum atomic E-state index is -0.986. The standard InChI is InChI=1S/C10H7Cl2NO3S/c11-4-1-5(8(14)6(12)2-4)9-13-7(3-17-9)10(15)16/h1-2,7,14H,3H2,(H,15,16)/t7-/m1/s1. The molecule has 1 aromatic carbocycles.